The summed E-state index contributed by atoms with van der Waals surface area (Å²) in [5, 5.41) is 2.78. The Bertz CT molecular complexity index is 1080. The lowest BCUT2D eigenvalue weighted by atomic mass is 10.2. The lowest BCUT2D eigenvalue weighted by molar-refractivity contribution is 0.102. The number of carbonyl (C=O) groups is 1. The zero-order chi connectivity index (χ0) is 19.4. The number of aryl methyl sites for hydroxylation is 1. The van der Waals surface area contributed by atoms with Gasteiger partial charge in [0.05, 0.1) is 4.90 Å². The number of halogens is 1. The fourth-order valence-corrected chi connectivity index (χ4v) is 3.93. The minimum atomic E-state index is -3.79. The maximum atomic E-state index is 12.6. The number of nitrogens with one attached hydrogen (secondary N) is 2. The zero-order valence-corrected chi connectivity index (χ0v) is 17.4. The van der Waals surface area contributed by atoms with Crippen molar-refractivity contribution in [1.29, 1.82) is 0 Å². The monoisotopic (exact) mass is 492 g/mol. The Morgan fingerprint density at radius 3 is 2.30 bits per heavy atom. The third-order valence-electron chi connectivity index (χ3n) is 3.78. The smallest absolute Gasteiger partial charge is 0.261 e. The van der Waals surface area contributed by atoms with Gasteiger partial charge in [0.25, 0.3) is 15.9 Å². The second-order valence-electron chi connectivity index (χ2n) is 5.96. The normalized spacial score (nSPS) is 11.0. The zero-order valence-electron chi connectivity index (χ0n) is 14.4. The summed E-state index contributed by atoms with van der Waals surface area (Å²) in [7, 11) is -3.79. The molecule has 0 aromatic heterocycles. The summed E-state index contributed by atoms with van der Waals surface area (Å²) in [6, 6.07) is 20.3. The van der Waals surface area contributed by atoms with Crippen LogP contribution in [-0.4, -0.2) is 14.3 Å². The molecule has 0 aliphatic rings. The van der Waals surface area contributed by atoms with E-state index in [0.717, 1.165) is 9.13 Å². The van der Waals surface area contributed by atoms with Crippen molar-refractivity contribution in [2.24, 2.45) is 0 Å². The molecule has 0 heterocycles. The molecule has 0 fully saturated rings. The van der Waals surface area contributed by atoms with Crippen LogP contribution in [0.2, 0.25) is 0 Å². The van der Waals surface area contributed by atoms with Crippen molar-refractivity contribution >= 4 is 49.9 Å². The predicted molar refractivity (Wildman–Crippen MR) is 116 cm³/mol. The summed E-state index contributed by atoms with van der Waals surface area (Å²) in [4.78, 5) is 12.5. The minimum Gasteiger partial charge on any atom is -0.322 e. The highest BCUT2D eigenvalue weighted by molar-refractivity contribution is 14.1. The first-order valence-corrected chi connectivity index (χ1v) is 10.7. The van der Waals surface area contributed by atoms with Crippen molar-refractivity contribution in [2.75, 3.05) is 10.0 Å². The molecule has 138 valence electrons. The maximum Gasteiger partial charge on any atom is 0.261 e. The van der Waals surface area contributed by atoms with E-state index < -0.39 is 10.0 Å². The standard InChI is InChI=1S/C20H17IN2O3S/c1-14-4-2-6-18(12-14)22-20(24)15-5-3-7-19(13-15)27(25,26)23-17-10-8-16(21)9-11-17/h2-13,23H,1H3,(H,22,24). The van der Waals surface area contributed by atoms with Crippen molar-refractivity contribution in [2.45, 2.75) is 11.8 Å². The molecule has 0 atom stereocenters. The van der Waals surface area contributed by atoms with Gasteiger partial charge < -0.3 is 5.32 Å². The number of rotatable bonds is 5. The topological polar surface area (TPSA) is 75.3 Å². The molecule has 0 bridgehead atoms. The lowest BCUT2D eigenvalue weighted by Gasteiger charge is -2.10. The highest BCUT2D eigenvalue weighted by Crippen LogP contribution is 2.19. The van der Waals surface area contributed by atoms with E-state index in [1.54, 1.807) is 30.3 Å². The van der Waals surface area contributed by atoms with E-state index in [-0.39, 0.29) is 16.4 Å². The third-order valence-corrected chi connectivity index (χ3v) is 5.88. The van der Waals surface area contributed by atoms with E-state index >= 15 is 0 Å². The van der Waals surface area contributed by atoms with Gasteiger partial charge in [-0.25, -0.2) is 8.42 Å². The van der Waals surface area contributed by atoms with Gasteiger partial charge in [-0.2, -0.15) is 0 Å². The average Bonchev–Trinajstić information content (AvgIpc) is 2.63. The molecule has 3 aromatic rings. The Morgan fingerprint density at radius 1 is 0.889 bits per heavy atom. The van der Waals surface area contributed by atoms with E-state index in [4.69, 9.17) is 0 Å². The Balaban J connectivity index is 1.81. The number of sulfonamides is 1. The Labute approximate surface area is 172 Å². The SMILES string of the molecule is Cc1cccc(NC(=O)c2cccc(S(=O)(=O)Nc3ccc(I)cc3)c2)c1. The van der Waals surface area contributed by atoms with Crippen LogP contribution in [0.3, 0.4) is 0 Å². The summed E-state index contributed by atoms with van der Waals surface area (Å²) < 4.78 is 28.8. The van der Waals surface area contributed by atoms with Crippen molar-refractivity contribution in [3.63, 3.8) is 0 Å². The summed E-state index contributed by atoms with van der Waals surface area (Å²) in [6.45, 7) is 1.93. The molecule has 0 radical (unpaired) electrons. The molecule has 0 saturated carbocycles. The Hall–Kier alpha value is -2.39. The number of hydrogen-bond donors (Lipinski definition) is 2. The van der Waals surface area contributed by atoms with Gasteiger partial charge in [0.1, 0.15) is 0 Å². The van der Waals surface area contributed by atoms with E-state index in [2.05, 4.69) is 32.6 Å². The molecule has 7 heteroatoms. The highest BCUT2D eigenvalue weighted by atomic mass is 127. The van der Waals surface area contributed by atoms with Crippen LogP contribution in [-0.2, 0) is 10.0 Å². The second-order valence-corrected chi connectivity index (χ2v) is 8.89. The number of carbonyl (C=O) groups excluding carboxylic acids is 1. The van der Waals surface area contributed by atoms with Crippen LogP contribution in [0.4, 0.5) is 11.4 Å². The van der Waals surface area contributed by atoms with E-state index in [1.165, 1.54) is 12.1 Å². The Morgan fingerprint density at radius 2 is 1.59 bits per heavy atom. The van der Waals surface area contributed by atoms with Gasteiger partial charge in [-0.05, 0) is 89.7 Å². The van der Waals surface area contributed by atoms with Gasteiger partial charge in [-0.1, -0.05) is 18.2 Å². The van der Waals surface area contributed by atoms with Gasteiger partial charge in [0.15, 0.2) is 0 Å². The van der Waals surface area contributed by atoms with E-state index in [1.807, 2.05) is 37.3 Å². The van der Waals surface area contributed by atoms with Crippen molar-refractivity contribution < 1.29 is 13.2 Å². The number of hydrogen-bond acceptors (Lipinski definition) is 3. The van der Waals surface area contributed by atoms with Crippen LogP contribution >= 0.6 is 22.6 Å². The number of anilines is 2. The quantitative estimate of drug-likeness (QED) is 0.510. The average molecular weight is 492 g/mol. The molecule has 27 heavy (non-hydrogen) atoms. The van der Waals surface area contributed by atoms with Crippen molar-refractivity contribution in [3.8, 4) is 0 Å². The molecule has 3 rings (SSSR count). The fraction of sp³-hybridized carbons (Fsp3) is 0.0500. The van der Waals surface area contributed by atoms with Gasteiger partial charge in [-0.15, -0.1) is 0 Å². The largest absolute Gasteiger partial charge is 0.322 e. The minimum absolute atomic E-state index is 0.0259. The van der Waals surface area contributed by atoms with Crippen LogP contribution in [0.1, 0.15) is 15.9 Å². The summed E-state index contributed by atoms with van der Waals surface area (Å²) in [5.74, 6) is -0.369. The molecule has 0 spiro atoms. The van der Waals surface area contributed by atoms with E-state index in [9.17, 15) is 13.2 Å². The molecule has 2 N–H and O–H groups in total. The van der Waals surface area contributed by atoms with E-state index in [0.29, 0.717) is 11.4 Å². The number of benzene rings is 3. The lowest BCUT2D eigenvalue weighted by Crippen LogP contribution is -2.16. The molecule has 0 aliphatic heterocycles. The molecule has 0 aliphatic carbocycles. The predicted octanol–water partition coefficient (Wildman–Crippen LogP) is 4.65. The van der Waals surface area contributed by atoms with Crippen LogP contribution in [0.15, 0.2) is 77.7 Å². The van der Waals surface area contributed by atoms with Gasteiger partial charge in [-0.3, -0.25) is 9.52 Å². The summed E-state index contributed by atoms with van der Waals surface area (Å²) in [5.41, 5.74) is 2.41. The molecule has 0 saturated heterocycles. The van der Waals surface area contributed by atoms with Crippen LogP contribution in [0, 0.1) is 10.5 Å². The Kier molecular flexibility index (Phi) is 5.81. The number of amides is 1. The van der Waals surface area contributed by atoms with Crippen LogP contribution in [0.25, 0.3) is 0 Å². The van der Waals surface area contributed by atoms with Gasteiger partial charge in [0, 0.05) is 20.5 Å². The van der Waals surface area contributed by atoms with Gasteiger partial charge >= 0.3 is 0 Å². The molecule has 1 amide bonds. The van der Waals surface area contributed by atoms with Crippen molar-refractivity contribution in [1.82, 2.24) is 0 Å². The van der Waals surface area contributed by atoms with Gasteiger partial charge in [0.2, 0.25) is 0 Å². The van der Waals surface area contributed by atoms with Crippen LogP contribution < -0.4 is 10.0 Å². The van der Waals surface area contributed by atoms with Crippen molar-refractivity contribution in [3.05, 3.63) is 87.5 Å². The molecule has 5 nitrogen and oxygen atoms in total. The molecule has 0 unspecified atom stereocenters. The fourth-order valence-electron chi connectivity index (χ4n) is 2.46. The first-order valence-electron chi connectivity index (χ1n) is 8.10. The summed E-state index contributed by atoms with van der Waals surface area (Å²) in [6.07, 6.45) is 0. The first kappa shape index (κ1) is 19.4. The van der Waals surface area contributed by atoms with Crippen LogP contribution in [0.5, 0.6) is 0 Å². The summed E-state index contributed by atoms with van der Waals surface area (Å²) >= 11 is 2.15. The first-order chi connectivity index (χ1) is 12.8. The molecule has 3 aromatic carbocycles. The molecular weight excluding hydrogens is 475 g/mol. The second kappa shape index (κ2) is 8.10. The maximum absolute atomic E-state index is 12.6. The highest BCUT2D eigenvalue weighted by Gasteiger charge is 2.16. The molecular formula is C20H17IN2O3S. The third kappa shape index (κ3) is 5.08.